The van der Waals surface area contributed by atoms with Crippen molar-refractivity contribution in [3.8, 4) is 0 Å². The van der Waals surface area contributed by atoms with E-state index in [1.165, 1.54) is 4.90 Å². The first kappa shape index (κ1) is 4.37. The van der Waals surface area contributed by atoms with Crippen molar-refractivity contribution in [3.05, 3.63) is 0 Å². The highest BCUT2D eigenvalue weighted by Crippen LogP contribution is 2.09. The van der Waals surface area contributed by atoms with Gasteiger partial charge in [0.15, 0.2) is 0 Å². The van der Waals surface area contributed by atoms with Crippen LogP contribution in [0, 0.1) is 0 Å². The second-order valence-electron chi connectivity index (χ2n) is 2.45. The molecule has 1 fully saturated rings. The fraction of sp³-hybridized carbons (Fsp3) is 0.875. The van der Waals surface area contributed by atoms with E-state index in [4.69, 9.17) is 4.11 Å². The molecule has 1 rings (SSSR count). The van der Waals surface area contributed by atoms with Gasteiger partial charge in [0, 0.05) is 23.6 Å². The Bertz CT molecular complexity index is 208. The van der Waals surface area contributed by atoms with Gasteiger partial charge in [0.1, 0.15) is 0 Å². The molecule has 1 saturated heterocycles. The fourth-order valence-corrected chi connectivity index (χ4v) is 0.959. The van der Waals surface area contributed by atoms with Crippen molar-refractivity contribution in [1.29, 1.82) is 0 Å². The number of hydrogen-bond donors (Lipinski definition) is 0. The molecule has 0 bridgehead atoms. The molecule has 1 aliphatic rings. The maximum absolute atomic E-state index is 11.4. The zero-order chi connectivity index (χ0) is 10.1. The van der Waals surface area contributed by atoms with Gasteiger partial charge in [-0.15, -0.1) is 0 Å². The SMILES string of the molecule is [2H]C1CN(CCCC)C(=O)C1([2H])[2H]. The van der Waals surface area contributed by atoms with Crippen LogP contribution in [0.25, 0.3) is 0 Å². The number of unbranched alkanes of at least 4 members (excludes halogenated alkanes) is 1. The monoisotopic (exact) mass is 144 g/mol. The normalized spacial score (nSPS) is 35.3. The molecule has 1 atom stereocenters. The molecule has 2 nitrogen and oxygen atoms in total. The maximum atomic E-state index is 11.4. The van der Waals surface area contributed by atoms with Gasteiger partial charge in [-0.3, -0.25) is 4.79 Å². The molecule has 1 amide bonds. The topological polar surface area (TPSA) is 20.3 Å². The van der Waals surface area contributed by atoms with Crippen LogP contribution >= 0.6 is 0 Å². The average molecular weight is 144 g/mol. The third-order valence-electron chi connectivity index (χ3n) is 1.61. The van der Waals surface area contributed by atoms with Crippen molar-refractivity contribution in [3.63, 3.8) is 0 Å². The third-order valence-corrected chi connectivity index (χ3v) is 1.61. The van der Waals surface area contributed by atoms with E-state index in [-0.39, 0.29) is 6.54 Å². The Morgan fingerprint density at radius 2 is 2.60 bits per heavy atom. The molecule has 1 unspecified atom stereocenters. The molecular formula is C8H15NO. The molecule has 0 aromatic rings. The molecule has 0 radical (unpaired) electrons. The minimum Gasteiger partial charge on any atom is -0.343 e. The predicted molar refractivity (Wildman–Crippen MR) is 40.7 cm³/mol. The van der Waals surface area contributed by atoms with Gasteiger partial charge in [-0.05, 0) is 12.8 Å². The summed E-state index contributed by atoms with van der Waals surface area (Å²) in [5.74, 6) is -0.513. The van der Waals surface area contributed by atoms with Crippen LogP contribution in [0.5, 0.6) is 0 Å². The summed E-state index contributed by atoms with van der Waals surface area (Å²) in [6.45, 7) is 2.85. The maximum Gasteiger partial charge on any atom is 0.222 e. The van der Waals surface area contributed by atoms with Crippen molar-refractivity contribution in [2.24, 2.45) is 0 Å². The second kappa shape index (κ2) is 3.59. The summed E-state index contributed by atoms with van der Waals surface area (Å²) in [7, 11) is 0. The lowest BCUT2D eigenvalue weighted by Crippen LogP contribution is -2.25. The first-order valence-corrected chi connectivity index (χ1v) is 3.71. The third kappa shape index (κ3) is 1.72. The Labute approximate surface area is 66.4 Å². The van der Waals surface area contributed by atoms with Crippen molar-refractivity contribution in [1.82, 2.24) is 4.90 Å². The van der Waals surface area contributed by atoms with E-state index >= 15 is 0 Å². The second-order valence-corrected chi connectivity index (χ2v) is 2.45. The molecular weight excluding hydrogens is 126 g/mol. The van der Waals surface area contributed by atoms with Gasteiger partial charge in [-0.25, -0.2) is 0 Å². The first-order chi connectivity index (χ1) is 6.00. The highest BCUT2D eigenvalue weighted by Gasteiger charge is 2.18. The van der Waals surface area contributed by atoms with E-state index in [2.05, 4.69) is 0 Å². The number of hydrogen-bond acceptors (Lipinski definition) is 1. The van der Waals surface area contributed by atoms with Crippen LogP contribution in [-0.2, 0) is 4.79 Å². The minimum absolute atomic E-state index is 0.242. The van der Waals surface area contributed by atoms with Crippen molar-refractivity contribution < 1.29 is 8.91 Å². The van der Waals surface area contributed by atoms with Gasteiger partial charge in [-0.1, -0.05) is 13.3 Å². The summed E-state index contributed by atoms with van der Waals surface area (Å²) < 4.78 is 22.1. The van der Waals surface area contributed by atoms with Crippen molar-refractivity contribution in [2.75, 3.05) is 13.1 Å². The van der Waals surface area contributed by atoms with Gasteiger partial charge in [0.2, 0.25) is 5.91 Å². The zero-order valence-corrected chi connectivity index (χ0v) is 6.26. The van der Waals surface area contributed by atoms with Crippen LogP contribution in [0.2, 0.25) is 0 Å². The first-order valence-electron chi connectivity index (χ1n) is 5.29. The number of amides is 1. The van der Waals surface area contributed by atoms with Crippen molar-refractivity contribution >= 4 is 5.91 Å². The van der Waals surface area contributed by atoms with Gasteiger partial charge < -0.3 is 4.90 Å². The largest absolute Gasteiger partial charge is 0.343 e. The molecule has 58 valence electrons. The molecule has 0 saturated carbocycles. The number of carbonyl (C=O) groups excluding carboxylic acids is 1. The molecule has 0 spiro atoms. The lowest BCUT2D eigenvalue weighted by Gasteiger charge is -2.13. The summed E-state index contributed by atoms with van der Waals surface area (Å²) in [4.78, 5) is 12.8. The number of nitrogens with zero attached hydrogens (tertiary/aromatic N) is 1. The molecule has 1 heterocycles. The number of rotatable bonds is 3. The Hall–Kier alpha value is -0.530. The van der Waals surface area contributed by atoms with E-state index < -0.39 is 18.7 Å². The molecule has 0 aliphatic carbocycles. The Balaban J connectivity index is 2.58. The van der Waals surface area contributed by atoms with E-state index in [1.54, 1.807) is 0 Å². The van der Waals surface area contributed by atoms with E-state index in [0.717, 1.165) is 12.8 Å². The number of likely N-dealkylation sites (tertiary alicyclic amines) is 1. The standard InChI is InChI=1S/C8H15NO/c1-2-3-6-9-7-4-5-8(9)10/h2-7H2,1H3/i4D,5D2. The van der Waals surface area contributed by atoms with Crippen LogP contribution < -0.4 is 0 Å². The van der Waals surface area contributed by atoms with Crippen LogP contribution in [-0.4, -0.2) is 23.9 Å². The average Bonchev–Trinajstić information content (AvgIpc) is 2.26. The Kier molecular flexibility index (Phi) is 1.57. The van der Waals surface area contributed by atoms with Gasteiger partial charge in [0.05, 0.1) is 0 Å². The van der Waals surface area contributed by atoms with E-state index in [0.29, 0.717) is 6.54 Å². The minimum atomic E-state index is -1.96. The number of carbonyl (C=O) groups is 1. The Morgan fingerprint density at radius 3 is 3.10 bits per heavy atom. The predicted octanol–water partition coefficient (Wildman–Crippen LogP) is 1.41. The molecule has 0 N–H and O–H groups in total. The van der Waals surface area contributed by atoms with Crippen LogP contribution in [0.15, 0.2) is 0 Å². The van der Waals surface area contributed by atoms with Gasteiger partial charge in [0.25, 0.3) is 0 Å². The highest BCUT2D eigenvalue weighted by atomic mass is 16.2. The quantitative estimate of drug-likeness (QED) is 0.586. The molecule has 2 heteroatoms. The van der Waals surface area contributed by atoms with Gasteiger partial charge >= 0.3 is 0 Å². The smallest absolute Gasteiger partial charge is 0.222 e. The van der Waals surface area contributed by atoms with E-state index in [1.807, 2.05) is 6.92 Å². The summed E-state index contributed by atoms with van der Waals surface area (Å²) in [6.07, 6.45) is -1.02. The zero-order valence-electron chi connectivity index (χ0n) is 9.26. The summed E-state index contributed by atoms with van der Waals surface area (Å²) >= 11 is 0. The lowest BCUT2D eigenvalue weighted by atomic mass is 10.3. The fourth-order valence-electron chi connectivity index (χ4n) is 0.959. The van der Waals surface area contributed by atoms with Crippen LogP contribution in [0.3, 0.4) is 0 Å². The molecule has 0 aromatic carbocycles. The van der Waals surface area contributed by atoms with E-state index in [9.17, 15) is 4.79 Å². The summed E-state index contributed by atoms with van der Waals surface area (Å²) in [5, 5.41) is 0. The molecule has 10 heavy (non-hydrogen) atoms. The van der Waals surface area contributed by atoms with Crippen LogP contribution in [0.1, 0.15) is 36.6 Å². The highest BCUT2D eigenvalue weighted by molar-refractivity contribution is 5.77. The lowest BCUT2D eigenvalue weighted by molar-refractivity contribution is -0.127. The summed E-state index contributed by atoms with van der Waals surface area (Å²) in [5.41, 5.74) is 0. The van der Waals surface area contributed by atoms with Gasteiger partial charge in [-0.2, -0.15) is 0 Å². The molecule has 0 aromatic heterocycles. The molecule has 1 aliphatic heterocycles. The summed E-state index contributed by atoms with van der Waals surface area (Å²) in [6, 6.07) is 0. The van der Waals surface area contributed by atoms with Crippen LogP contribution in [0.4, 0.5) is 0 Å². The Morgan fingerprint density at radius 1 is 1.80 bits per heavy atom. The van der Waals surface area contributed by atoms with Crippen molar-refractivity contribution in [2.45, 2.75) is 32.5 Å².